The molecule has 0 bridgehead atoms. The standard InChI is InChI=1S/C6H9FN2O/c7-4-1-6(9-2-4)5(8)3-10/h1-2,5,9-10H,3,8H2/t5-/m0/s1. The van der Waals surface area contributed by atoms with Crippen molar-refractivity contribution in [2.45, 2.75) is 6.04 Å². The van der Waals surface area contributed by atoms with Crippen LogP contribution >= 0.6 is 0 Å². The number of aromatic nitrogens is 1. The zero-order chi connectivity index (χ0) is 7.56. The molecule has 0 fully saturated rings. The minimum Gasteiger partial charge on any atom is -0.394 e. The summed E-state index contributed by atoms with van der Waals surface area (Å²) in [6.07, 6.45) is 1.20. The topological polar surface area (TPSA) is 62.0 Å². The Morgan fingerprint density at radius 3 is 2.90 bits per heavy atom. The van der Waals surface area contributed by atoms with Crippen molar-refractivity contribution in [1.82, 2.24) is 4.98 Å². The van der Waals surface area contributed by atoms with Crippen molar-refractivity contribution in [1.29, 1.82) is 0 Å². The summed E-state index contributed by atoms with van der Waals surface area (Å²) in [7, 11) is 0. The molecule has 1 atom stereocenters. The molecule has 10 heavy (non-hydrogen) atoms. The molecule has 56 valence electrons. The van der Waals surface area contributed by atoms with Crippen molar-refractivity contribution in [3.05, 3.63) is 23.8 Å². The third kappa shape index (κ3) is 1.34. The number of aromatic amines is 1. The molecule has 1 aromatic heterocycles. The van der Waals surface area contributed by atoms with Crippen molar-refractivity contribution >= 4 is 0 Å². The first-order valence-corrected chi connectivity index (χ1v) is 2.94. The van der Waals surface area contributed by atoms with Gasteiger partial charge < -0.3 is 15.8 Å². The van der Waals surface area contributed by atoms with Gasteiger partial charge in [-0.3, -0.25) is 0 Å². The summed E-state index contributed by atoms with van der Waals surface area (Å²) in [5, 5.41) is 8.53. The Morgan fingerprint density at radius 2 is 2.50 bits per heavy atom. The summed E-state index contributed by atoms with van der Waals surface area (Å²) in [6.45, 7) is -0.181. The van der Waals surface area contributed by atoms with Crippen LogP contribution in [0.3, 0.4) is 0 Å². The van der Waals surface area contributed by atoms with E-state index >= 15 is 0 Å². The maximum absolute atomic E-state index is 12.3. The smallest absolute Gasteiger partial charge is 0.140 e. The van der Waals surface area contributed by atoms with E-state index in [1.807, 2.05) is 0 Å². The maximum atomic E-state index is 12.3. The molecule has 1 aromatic rings. The molecule has 4 N–H and O–H groups in total. The second kappa shape index (κ2) is 2.81. The molecule has 1 rings (SSSR count). The number of H-pyrrole nitrogens is 1. The lowest BCUT2D eigenvalue weighted by molar-refractivity contribution is 0.266. The Hall–Kier alpha value is -0.870. The largest absolute Gasteiger partial charge is 0.394 e. The van der Waals surface area contributed by atoms with Gasteiger partial charge >= 0.3 is 0 Å². The summed E-state index contributed by atoms with van der Waals surface area (Å²) < 4.78 is 12.3. The molecule has 0 amide bonds. The van der Waals surface area contributed by atoms with Crippen LogP contribution in [-0.2, 0) is 0 Å². The maximum Gasteiger partial charge on any atom is 0.140 e. The Kier molecular flexibility index (Phi) is 2.03. The monoisotopic (exact) mass is 144 g/mol. The summed E-state index contributed by atoms with van der Waals surface area (Å²) in [4.78, 5) is 2.60. The van der Waals surface area contributed by atoms with Gasteiger partial charge in [-0.25, -0.2) is 4.39 Å². The zero-order valence-electron chi connectivity index (χ0n) is 5.34. The van der Waals surface area contributed by atoms with E-state index in [1.165, 1.54) is 12.3 Å². The molecule has 4 heteroatoms. The summed E-state index contributed by atoms with van der Waals surface area (Å²) in [5.41, 5.74) is 5.87. The van der Waals surface area contributed by atoms with E-state index in [9.17, 15) is 4.39 Å². The zero-order valence-corrected chi connectivity index (χ0v) is 5.34. The highest BCUT2D eigenvalue weighted by atomic mass is 19.1. The van der Waals surface area contributed by atoms with E-state index in [2.05, 4.69) is 4.98 Å². The second-order valence-electron chi connectivity index (χ2n) is 2.06. The lowest BCUT2D eigenvalue weighted by atomic mass is 10.2. The van der Waals surface area contributed by atoms with Crippen LogP contribution in [0.4, 0.5) is 4.39 Å². The number of aliphatic hydroxyl groups excluding tert-OH is 1. The fourth-order valence-corrected chi connectivity index (χ4v) is 0.697. The Bertz CT molecular complexity index is 211. The average molecular weight is 144 g/mol. The highest BCUT2D eigenvalue weighted by molar-refractivity contribution is 5.10. The molecule has 0 aliphatic heterocycles. The van der Waals surface area contributed by atoms with E-state index < -0.39 is 6.04 Å². The number of halogens is 1. The summed E-state index contributed by atoms with van der Waals surface area (Å²) in [6, 6.07) is 0.755. The van der Waals surface area contributed by atoms with Crippen LogP contribution in [0.15, 0.2) is 12.3 Å². The van der Waals surface area contributed by atoms with Crippen LogP contribution in [0.1, 0.15) is 11.7 Å². The lowest BCUT2D eigenvalue weighted by Gasteiger charge is -2.02. The molecule has 0 saturated carbocycles. The highest BCUT2D eigenvalue weighted by Gasteiger charge is 2.05. The minimum absolute atomic E-state index is 0.181. The molecule has 0 unspecified atom stereocenters. The van der Waals surface area contributed by atoms with Gasteiger partial charge in [-0.1, -0.05) is 0 Å². The van der Waals surface area contributed by atoms with E-state index in [-0.39, 0.29) is 12.4 Å². The predicted molar refractivity (Wildman–Crippen MR) is 34.8 cm³/mol. The lowest BCUT2D eigenvalue weighted by Crippen LogP contribution is -2.14. The fourth-order valence-electron chi connectivity index (χ4n) is 0.697. The molecule has 0 saturated heterocycles. The van der Waals surface area contributed by atoms with Crippen molar-refractivity contribution in [3.8, 4) is 0 Å². The number of aliphatic hydroxyl groups is 1. The SMILES string of the molecule is N[C@@H](CO)c1cc(F)c[nH]1. The van der Waals surface area contributed by atoms with Crippen molar-refractivity contribution in [3.63, 3.8) is 0 Å². The Balaban J connectivity index is 2.74. The molecule has 0 aliphatic carbocycles. The first-order valence-electron chi connectivity index (χ1n) is 2.94. The van der Waals surface area contributed by atoms with Gasteiger partial charge in [0.1, 0.15) is 5.82 Å². The van der Waals surface area contributed by atoms with Gasteiger partial charge in [-0.15, -0.1) is 0 Å². The van der Waals surface area contributed by atoms with Crippen LogP contribution in [-0.4, -0.2) is 16.7 Å². The quantitative estimate of drug-likeness (QED) is 0.553. The van der Waals surface area contributed by atoms with Gasteiger partial charge in [0.25, 0.3) is 0 Å². The van der Waals surface area contributed by atoms with Gasteiger partial charge in [0.05, 0.1) is 12.6 Å². The molecular weight excluding hydrogens is 135 g/mol. The third-order valence-corrected chi connectivity index (χ3v) is 1.27. The normalized spacial score (nSPS) is 13.5. The van der Waals surface area contributed by atoms with Gasteiger partial charge in [0, 0.05) is 11.9 Å². The van der Waals surface area contributed by atoms with Crippen LogP contribution in [0.2, 0.25) is 0 Å². The Labute approximate surface area is 57.7 Å². The number of hydrogen-bond donors (Lipinski definition) is 3. The number of nitrogens with two attached hydrogens (primary N) is 1. The van der Waals surface area contributed by atoms with E-state index in [4.69, 9.17) is 10.8 Å². The van der Waals surface area contributed by atoms with Gasteiger partial charge in [0.2, 0.25) is 0 Å². The van der Waals surface area contributed by atoms with Gasteiger partial charge in [-0.2, -0.15) is 0 Å². The number of rotatable bonds is 2. The van der Waals surface area contributed by atoms with Crippen LogP contribution in [0, 0.1) is 5.82 Å². The van der Waals surface area contributed by atoms with Gasteiger partial charge in [0.15, 0.2) is 0 Å². The number of hydrogen-bond acceptors (Lipinski definition) is 2. The summed E-state index contributed by atoms with van der Waals surface area (Å²) in [5.74, 6) is -0.362. The molecule has 0 aromatic carbocycles. The number of nitrogens with one attached hydrogen (secondary N) is 1. The molecule has 0 radical (unpaired) electrons. The van der Waals surface area contributed by atoms with Crippen molar-refractivity contribution in [2.75, 3.05) is 6.61 Å². The molecule has 3 nitrogen and oxygen atoms in total. The summed E-state index contributed by atoms with van der Waals surface area (Å²) >= 11 is 0. The molecule has 0 spiro atoms. The predicted octanol–water partition coefficient (Wildman–Crippen LogP) is 0.146. The first kappa shape index (κ1) is 7.24. The van der Waals surface area contributed by atoms with Crippen LogP contribution in [0.5, 0.6) is 0 Å². The average Bonchev–Trinajstić information content (AvgIpc) is 2.34. The minimum atomic E-state index is -0.510. The van der Waals surface area contributed by atoms with Crippen molar-refractivity contribution < 1.29 is 9.50 Å². The molecule has 1 heterocycles. The molecular formula is C6H9FN2O. The van der Waals surface area contributed by atoms with E-state index in [0.29, 0.717) is 5.69 Å². The third-order valence-electron chi connectivity index (χ3n) is 1.27. The van der Waals surface area contributed by atoms with E-state index in [1.54, 1.807) is 0 Å². The van der Waals surface area contributed by atoms with Crippen LogP contribution < -0.4 is 5.73 Å². The second-order valence-corrected chi connectivity index (χ2v) is 2.06. The van der Waals surface area contributed by atoms with Crippen LogP contribution in [0.25, 0.3) is 0 Å². The van der Waals surface area contributed by atoms with Crippen molar-refractivity contribution in [2.24, 2.45) is 5.73 Å². The Morgan fingerprint density at radius 1 is 1.80 bits per heavy atom. The highest BCUT2D eigenvalue weighted by Crippen LogP contribution is 2.07. The van der Waals surface area contributed by atoms with E-state index in [0.717, 1.165) is 0 Å². The first-order chi connectivity index (χ1) is 4.74. The fraction of sp³-hybridized carbons (Fsp3) is 0.333. The van der Waals surface area contributed by atoms with Gasteiger partial charge in [-0.05, 0) is 6.07 Å². The molecule has 0 aliphatic rings.